The summed E-state index contributed by atoms with van der Waals surface area (Å²) < 4.78 is 33.3. The molecule has 1 aliphatic heterocycles. The number of carbonyl (C=O) groups is 2. The van der Waals surface area contributed by atoms with Gasteiger partial charge in [-0.1, -0.05) is 6.08 Å². The highest BCUT2D eigenvalue weighted by atomic mass is 32.2. The molecule has 2 amide bonds. The van der Waals surface area contributed by atoms with Gasteiger partial charge in [0.1, 0.15) is 11.8 Å². The van der Waals surface area contributed by atoms with E-state index in [1.165, 1.54) is 12.1 Å². The summed E-state index contributed by atoms with van der Waals surface area (Å²) in [5, 5.41) is 8.63. The van der Waals surface area contributed by atoms with Gasteiger partial charge in [-0.3, -0.25) is 9.59 Å². The van der Waals surface area contributed by atoms with E-state index in [9.17, 15) is 18.0 Å². The Morgan fingerprint density at radius 1 is 1.27 bits per heavy atom. The van der Waals surface area contributed by atoms with Gasteiger partial charge in [0.2, 0.25) is 15.9 Å². The van der Waals surface area contributed by atoms with Crippen LogP contribution in [0, 0.1) is 0 Å². The number of sulfonamides is 1. The van der Waals surface area contributed by atoms with Crippen molar-refractivity contribution in [3.05, 3.63) is 54.0 Å². The maximum absolute atomic E-state index is 12.9. The van der Waals surface area contributed by atoms with Crippen LogP contribution in [0.1, 0.15) is 49.2 Å². The van der Waals surface area contributed by atoms with E-state index < -0.39 is 22.0 Å². The summed E-state index contributed by atoms with van der Waals surface area (Å²) in [5.74, 6) is -0.0451. The molecule has 0 bridgehead atoms. The van der Waals surface area contributed by atoms with E-state index in [0.717, 1.165) is 12.8 Å². The van der Waals surface area contributed by atoms with Crippen molar-refractivity contribution in [2.45, 2.75) is 50.1 Å². The summed E-state index contributed by atoms with van der Waals surface area (Å²) in [7, 11) is -3.84. The van der Waals surface area contributed by atoms with Gasteiger partial charge in [-0.05, 0) is 69.5 Å². The van der Waals surface area contributed by atoms with Gasteiger partial charge >= 0.3 is 0 Å². The number of hydrogen-bond acceptors (Lipinski definition) is 6. The average Bonchev–Trinajstić information content (AvgIpc) is 3.20. The zero-order chi connectivity index (χ0) is 23.8. The Bertz CT molecular complexity index is 1090. The van der Waals surface area contributed by atoms with Crippen molar-refractivity contribution < 1.29 is 22.4 Å². The molecule has 1 aliphatic rings. The smallest absolute Gasteiger partial charge is 0.252 e. The highest BCUT2D eigenvalue weighted by Gasteiger charge is 2.24. The maximum Gasteiger partial charge on any atom is 0.252 e. The highest BCUT2D eigenvalue weighted by molar-refractivity contribution is 7.89. The minimum absolute atomic E-state index is 0.0355. The Morgan fingerprint density at radius 2 is 2.09 bits per heavy atom. The Hall–Kier alpha value is -3.11. The van der Waals surface area contributed by atoms with Crippen molar-refractivity contribution in [3.8, 4) is 0 Å². The van der Waals surface area contributed by atoms with Crippen LogP contribution in [0.4, 0.5) is 5.69 Å². The number of rotatable bonds is 9. The molecule has 1 aromatic carbocycles. The number of nitrogens with one attached hydrogen (secondary N) is 4. The van der Waals surface area contributed by atoms with Gasteiger partial charge in [0, 0.05) is 30.4 Å². The van der Waals surface area contributed by atoms with E-state index in [-0.39, 0.29) is 22.4 Å². The first kappa shape index (κ1) is 24.5. The second-order valence-corrected chi connectivity index (χ2v) is 9.85. The lowest BCUT2D eigenvalue weighted by Gasteiger charge is -2.17. The molecule has 33 heavy (non-hydrogen) atoms. The van der Waals surface area contributed by atoms with E-state index in [2.05, 4.69) is 20.7 Å². The van der Waals surface area contributed by atoms with E-state index in [0.29, 0.717) is 31.0 Å². The fraction of sp³-hybridized carbons (Fsp3) is 0.391. The van der Waals surface area contributed by atoms with Crippen molar-refractivity contribution >= 4 is 33.6 Å². The monoisotopic (exact) mass is 474 g/mol. The Labute approximate surface area is 194 Å². The van der Waals surface area contributed by atoms with E-state index in [1.54, 1.807) is 38.3 Å². The molecule has 2 aromatic rings. The zero-order valence-electron chi connectivity index (χ0n) is 18.8. The predicted molar refractivity (Wildman–Crippen MR) is 126 cm³/mol. The summed E-state index contributed by atoms with van der Waals surface area (Å²) in [6, 6.07) is 6.99. The molecule has 0 radical (unpaired) electrons. The lowest BCUT2D eigenvalue weighted by Crippen LogP contribution is -2.45. The zero-order valence-corrected chi connectivity index (χ0v) is 19.6. The van der Waals surface area contributed by atoms with Crippen molar-refractivity contribution in [2.24, 2.45) is 0 Å². The molecule has 9 nitrogen and oxygen atoms in total. The fourth-order valence-corrected chi connectivity index (χ4v) is 4.74. The van der Waals surface area contributed by atoms with Crippen LogP contribution in [-0.4, -0.2) is 45.4 Å². The lowest BCUT2D eigenvalue weighted by atomic mass is 10.1. The molecule has 0 spiro atoms. The van der Waals surface area contributed by atoms with Crippen molar-refractivity contribution in [3.63, 3.8) is 0 Å². The predicted octanol–water partition coefficient (Wildman–Crippen LogP) is 2.49. The van der Waals surface area contributed by atoms with Gasteiger partial charge in [0.15, 0.2) is 0 Å². The second-order valence-electron chi connectivity index (χ2n) is 8.13. The van der Waals surface area contributed by atoms with Gasteiger partial charge < -0.3 is 20.4 Å². The molecule has 1 saturated heterocycles. The van der Waals surface area contributed by atoms with Crippen LogP contribution < -0.4 is 20.7 Å². The van der Waals surface area contributed by atoms with Crippen LogP contribution in [-0.2, 0) is 14.8 Å². The van der Waals surface area contributed by atoms with Crippen LogP contribution >= 0.6 is 0 Å². The van der Waals surface area contributed by atoms with Gasteiger partial charge in [-0.15, -0.1) is 0 Å². The molecular formula is C23H30N4O5S. The minimum atomic E-state index is -3.84. The number of furan rings is 1. The van der Waals surface area contributed by atoms with E-state index in [1.807, 2.05) is 12.1 Å². The molecule has 0 aliphatic carbocycles. The maximum atomic E-state index is 12.9. The topological polar surface area (TPSA) is 130 Å². The Morgan fingerprint density at radius 3 is 2.82 bits per heavy atom. The number of hydrogen-bond donors (Lipinski definition) is 4. The van der Waals surface area contributed by atoms with Gasteiger partial charge in [-0.2, -0.15) is 0 Å². The summed E-state index contributed by atoms with van der Waals surface area (Å²) in [5.41, 5.74) is 0.609. The summed E-state index contributed by atoms with van der Waals surface area (Å²) in [6.45, 7) is 4.40. The molecule has 2 heterocycles. The normalized spacial score (nSPS) is 17.1. The molecule has 10 heteroatoms. The Balaban J connectivity index is 1.82. The molecule has 0 unspecified atom stereocenters. The summed E-state index contributed by atoms with van der Waals surface area (Å²) >= 11 is 0. The van der Waals surface area contributed by atoms with Crippen LogP contribution in [0.2, 0.25) is 0 Å². The van der Waals surface area contributed by atoms with Crippen LogP contribution in [0.3, 0.4) is 0 Å². The number of anilines is 1. The van der Waals surface area contributed by atoms with Crippen LogP contribution in [0.15, 0.2) is 52.0 Å². The summed E-state index contributed by atoms with van der Waals surface area (Å²) in [6.07, 6.45) is 7.38. The van der Waals surface area contributed by atoms with Gasteiger partial charge in [0.05, 0.1) is 11.2 Å². The highest BCUT2D eigenvalue weighted by Crippen LogP contribution is 2.20. The third-order valence-corrected chi connectivity index (χ3v) is 6.60. The molecule has 1 aromatic heterocycles. The molecule has 3 rings (SSSR count). The third-order valence-electron chi connectivity index (χ3n) is 4.96. The molecule has 1 fully saturated rings. The molecule has 1 atom stereocenters. The quantitative estimate of drug-likeness (QED) is 0.442. The van der Waals surface area contributed by atoms with E-state index >= 15 is 0 Å². The first-order valence-corrected chi connectivity index (χ1v) is 12.4. The first-order chi connectivity index (χ1) is 15.7. The third kappa shape index (κ3) is 7.19. The molecule has 178 valence electrons. The van der Waals surface area contributed by atoms with Crippen molar-refractivity contribution in [2.75, 3.05) is 18.4 Å². The first-order valence-electron chi connectivity index (χ1n) is 10.9. The second kappa shape index (κ2) is 11.2. The fourth-order valence-electron chi connectivity index (χ4n) is 3.42. The lowest BCUT2D eigenvalue weighted by molar-refractivity contribution is -0.122. The largest absolute Gasteiger partial charge is 0.465 e. The molecule has 4 N–H and O–H groups in total. The Kier molecular flexibility index (Phi) is 8.29. The van der Waals surface area contributed by atoms with Gasteiger partial charge in [-0.25, -0.2) is 13.1 Å². The van der Waals surface area contributed by atoms with E-state index in [4.69, 9.17) is 4.42 Å². The average molecular weight is 475 g/mol. The van der Waals surface area contributed by atoms with Gasteiger partial charge in [0.25, 0.3) is 5.91 Å². The number of amides is 2. The standard InChI is InChI=1S/C23H30N4O5S/c1-16(2)27-33(30,31)20-14-17(22(28)26-21-9-3-4-10-25-23(21)29)13-18(15-20)24-11-5-7-19-8-6-12-32-19/h5-8,12-16,21,24,27H,3-4,9-11H2,1-2H3,(H,25,29)(H,26,28)/b7-5+/t21-/m0/s1. The van der Waals surface area contributed by atoms with Crippen LogP contribution in [0.5, 0.6) is 0 Å². The minimum Gasteiger partial charge on any atom is -0.465 e. The summed E-state index contributed by atoms with van der Waals surface area (Å²) in [4.78, 5) is 25.1. The SMILES string of the molecule is CC(C)NS(=O)(=O)c1cc(NC/C=C/c2ccco2)cc(C(=O)N[C@H]2CCCCNC2=O)c1. The van der Waals surface area contributed by atoms with Crippen LogP contribution in [0.25, 0.3) is 6.08 Å². The number of carbonyl (C=O) groups excluding carboxylic acids is 2. The molecule has 0 saturated carbocycles. The number of benzene rings is 1. The van der Waals surface area contributed by atoms with Crippen molar-refractivity contribution in [1.29, 1.82) is 0 Å². The van der Waals surface area contributed by atoms with Crippen molar-refractivity contribution in [1.82, 2.24) is 15.4 Å². The molecular weight excluding hydrogens is 444 g/mol.